The van der Waals surface area contributed by atoms with Gasteiger partial charge < -0.3 is 4.48 Å². The lowest BCUT2D eigenvalue weighted by Crippen LogP contribution is -2.59. The molecule has 0 amide bonds. The summed E-state index contributed by atoms with van der Waals surface area (Å²) >= 11 is 0. The van der Waals surface area contributed by atoms with Gasteiger partial charge in [0.25, 0.3) is 0 Å². The third kappa shape index (κ3) is 2.55. The van der Waals surface area contributed by atoms with Gasteiger partial charge in [-0.15, -0.1) is 0 Å². The zero-order valence-corrected chi connectivity index (χ0v) is 9.13. The van der Waals surface area contributed by atoms with Crippen LogP contribution in [0.25, 0.3) is 0 Å². The van der Waals surface area contributed by atoms with Gasteiger partial charge in [-0.05, 0) is 19.5 Å². The summed E-state index contributed by atoms with van der Waals surface area (Å²) < 4.78 is 1.25. The first-order valence-electron chi connectivity index (χ1n) is 5.44. The Balaban J connectivity index is 2.47. The van der Waals surface area contributed by atoms with Crippen LogP contribution >= 0.6 is 0 Å². The highest BCUT2D eigenvalue weighted by molar-refractivity contribution is 4.70. The van der Waals surface area contributed by atoms with Crippen LogP contribution in [-0.2, 0) is 0 Å². The molecular formula is C11H23N2+. The van der Waals surface area contributed by atoms with E-state index in [1.54, 1.807) is 0 Å². The molecule has 1 fully saturated rings. The molecule has 2 nitrogen and oxygen atoms in total. The second-order valence-electron chi connectivity index (χ2n) is 4.01. The number of quaternary nitrogens is 1. The van der Waals surface area contributed by atoms with Crippen LogP contribution in [0.5, 0.6) is 0 Å². The molecule has 0 unspecified atom stereocenters. The maximum atomic E-state index is 3.86. The number of piperazine rings is 1. The molecule has 13 heavy (non-hydrogen) atoms. The van der Waals surface area contributed by atoms with E-state index in [0.29, 0.717) is 0 Å². The number of nitrogens with zero attached hydrogens (tertiary/aromatic N) is 2. The average Bonchev–Trinajstić information content (AvgIpc) is 2.19. The summed E-state index contributed by atoms with van der Waals surface area (Å²) in [7, 11) is 0. The molecule has 0 N–H and O–H groups in total. The van der Waals surface area contributed by atoms with Crippen LogP contribution in [0, 0.1) is 0 Å². The highest BCUT2D eigenvalue weighted by Gasteiger charge is 2.29. The minimum absolute atomic E-state index is 1.15. The van der Waals surface area contributed by atoms with Crippen molar-refractivity contribution in [2.45, 2.75) is 13.8 Å². The first-order valence-corrected chi connectivity index (χ1v) is 5.44. The van der Waals surface area contributed by atoms with Gasteiger partial charge in [-0.1, -0.05) is 13.5 Å². The Morgan fingerprint density at radius 1 is 1.31 bits per heavy atom. The maximum Gasteiger partial charge on any atom is 0.0971 e. The lowest BCUT2D eigenvalue weighted by atomic mass is 10.2. The molecule has 0 aromatic rings. The molecule has 1 aliphatic rings. The van der Waals surface area contributed by atoms with Crippen LogP contribution in [-0.4, -0.2) is 55.2 Å². The summed E-state index contributed by atoms with van der Waals surface area (Å²) in [4.78, 5) is 2.54. The monoisotopic (exact) mass is 183 g/mol. The largest absolute Gasteiger partial charge is 0.318 e. The highest BCUT2D eigenvalue weighted by atomic mass is 15.4. The number of rotatable bonds is 4. The molecule has 2 heteroatoms. The zero-order chi connectivity index (χ0) is 9.73. The third-order valence-electron chi connectivity index (χ3n) is 3.42. The fourth-order valence-corrected chi connectivity index (χ4v) is 2.15. The molecule has 0 aromatic heterocycles. The molecule has 0 spiro atoms. The van der Waals surface area contributed by atoms with E-state index in [-0.39, 0.29) is 0 Å². The fraction of sp³-hybridized carbons (Fsp3) is 0.818. The molecule has 1 aliphatic heterocycles. The second kappa shape index (κ2) is 4.77. The maximum absolute atomic E-state index is 3.86. The lowest BCUT2D eigenvalue weighted by Gasteiger charge is -2.43. The quantitative estimate of drug-likeness (QED) is 0.470. The van der Waals surface area contributed by atoms with Gasteiger partial charge >= 0.3 is 0 Å². The number of hydrogen-bond donors (Lipinski definition) is 0. The van der Waals surface area contributed by atoms with Crippen molar-refractivity contribution in [2.24, 2.45) is 0 Å². The predicted octanol–water partition coefficient (Wildman–Crippen LogP) is 1.34. The summed E-state index contributed by atoms with van der Waals surface area (Å²) in [5, 5.41) is 0. The molecule has 1 rings (SSSR count). The Labute approximate surface area is 82.4 Å². The Morgan fingerprint density at radius 3 is 2.31 bits per heavy atom. The van der Waals surface area contributed by atoms with E-state index >= 15 is 0 Å². The predicted molar refractivity (Wildman–Crippen MR) is 57.7 cm³/mol. The molecule has 0 aromatic carbocycles. The summed E-state index contributed by atoms with van der Waals surface area (Å²) in [6, 6.07) is 0. The molecule has 1 heterocycles. The van der Waals surface area contributed by atoms with E-state index in [4.69, 9.17) is 0 Å². The van der Waals surface area contributed by atoms with Crippen molar-refractivity contribution in [2.75, 3.05) is 45.8 Å². The Morgan fingerprint density at radius 2 is 1.92 bits per heavy atom. The fourth-order valence-electron chi connectivity index (χ4n) is 2.15. The van der Waals surface area contributed by atoms with Crippen molar-refractivity contribution in [3.05, 3.63) is 12.7 Å². The zero-order valence-electron chi connectivity index (χ0n) is 9.13. The molecule has 0 aliphatic carbocycles. The molecular weight excluding hydrogens is 160 g/mol. The van der Waals surface area contributed by atoms with Crippen LogP contribution in [0.3, 0.4) is 0 Å². The van der Waals surface area contributed by atoms with Gasteiger partial charge in [-0.25, -0.2) is 0 Å². The standard InChI is InChI=1S/C11H23N2/c1-4-9-13(6-3)10-7-12(5-2)8-11-13/h4H,1,5-11H2,2-3H3/q+1. The van der Waals surface area contributed by atoms with Crippen LogP contribution in [0.15, 0.2) is 12.7 Å². The van der Waals surface area contributed by atoms with Crippen molar-refractivity contribution in [1.29, 1.82) is 0 Å². The molecule has 76 valence electrons. The van der Waals surface area contributed by atoms with Crippen LogP contribution < -0.4 is 0 Å². The van der Waals surface area contributed by atoms with Gasteiger partial charge in [0, 0.05) is 13.1 Å². The topological polar surface area (TPSA) is 3.24 Å². The van der Waals surface area contributed by atoms with Crippen molar-refractivity contribution < 1.29 is 4.48 Å². The summed E-state index contributed by atoms with van der Waals surface area (Å²) in [5.74, 6) is 0. The SMILES string of the molecule is C=CC[N+]1(CC)CCN(CC)CC1. The minimum atomic E-state index is 1.15. The molecule has 1 saturated heterocycles. The lowest BCUT2D eigenvalue weighted by molar-refractivity contribution is -0.925. The van der Waals surface area contributed by atoms with Crippen molar-refractivity contribution in [3.63, 3.8) is 0 Å². The van der Waals surface area contributed by atoms with E-state index < -0.39 is 0 Å². The minimum Gasteiger partial charge on any atom is -0.318 e. The Hall–Kier alpha value is -0.340. The molecule has 0 atom stereocenters. The van der Waals surface area contributed by atoms with Gasteiger partial charge in [-0.3, -0.25) is 4.90 Å². The van der Waals surface area contributed by atoms with Crippen molar-refractivity contribution in [3.8, 4) is 0 Å². The number of likely N-dealkylation sites (N-methyl/N-ethyl adjacent to an activating group) is 2. The first kappa shape index (κ1) is 10.7. The van der Waals surface area contributed by atoms with Crippen molar-refractivity contribution in [1.82, 2.24) is 4.90 Å². The van der Waals surface area contributed by atoms with Gasteiger partial charge in [0.1, 0.15) is 0 Å². The summed E-state index contributed by atoms with van der Waals surface area (Å²) in [6.45, 7) is 17.1. The van der Waals surface area contributed by atoms with Gasteiger partial charge in [0.2, 0.25) is 0 Å². The third-order valence-corrected chi connectivity index (χ3v) is 3.42. The smallest absolute Gasteiger partial charge is 0.0971 e. The molecule has 0 radical (unpaired) electrons. The summed E-state index contributed by atoms with van der Waals surface area (Å²) in [5.41, 5.74) is 0. The Bertz CT molecular complexity index is 157. The van der Waals surface area contributed by atoms with Crippen LogP contribution in [0.1, 0.15) is 13.8 Å². The second-order valence-corrected chi connectivity index (χ2v) is 4.01. The van der Waals surface area contributed by atoms with E-state index in [1.165, 1.54) is 43.8 Å². The normalized spacial score (nSPS) is 22.9. The van der Waals surface area contributed by atoms with E-state index in [1.807, 2.05) is 0 Å². The molecule has 0 bridgehead atoms. The first-order chi connectivity index (χ1) is 6.26. The van der Waals surface area contributed by atoms with Gasteiger partial charge in [0.15, 0.2) is 0 Å². The Kier molecular flexibility index (Phi) is 3.94. The van der Waals surface area contributed by atoms with E-state index in [2.05, 4.69) is 31.4 Å². The van der Waals surface area contributed by atoms with Gasteiger partial charge in [0.05, 0.1) is 26.2 Å². The van der Waals surface area contributed by atoms with Crippen LogP contribution in [0.2, 0.25) is 0 Å². The summed E-state index contributed by atoms with van der Waals surface area (Å²) in [6.07, 6.45) is 2.07. The molecule has 0 saturated carbocycles. The van der Waals surface area contributed by atoms with Gasteiger partial charge in [-0.2, -0.15) is 0 Å². The van der Waals surface area contributed by atoms with E-state index in [9.17, 15) is 0 Å². The highest BCUT2D eigenvalue weighted by Crippen LogP contribution is 2.12. The van der Waals surface area contributed by atoms with E-state index in [0.717, 1.165) is 6.54 Å². The van der Waals surface area contributed by atoms with Crippen molar-refractivity contribution >= 4 is 0 Å². The number of hydrogen-bond acceptors (Lipinski definition) is 1. The van der Waals surface area contributed by atoms with Crippen LogP contribution in [0.4, 0.5) is 0 Å². The average molecular weight is 183 g/mol.